The second-order valence-electron chi connectivity index (χ2n) is 5.64. The minimum atomic E-state index is -3.19. The fraction of sp³-hybridized carbons (Fsp3) is 0.533. The predicted molar refractivity (Wildman–Crippen MR) is 91.0 cm³/mol. The number of alkyl halides is 1. The van der Waals surface area contributed by atoms with Crippen molar-refractivity contribution in [2.45, 2.75) is 34.1 Å². The Morgan fingerprint density at radius 1 is 1.33 bits per heavy atom. The highest BCUT2D eigenvalue weighted by Crippen LogP contribution is 2.35. The number of rotatable bonds is 4. The number of halogens is 1. The van der Waals surface area contributed by atoms with Gasteiger partial charge in [-0.15, -0.1) is 0 Å². The summed E-state index contributed by atoms with van der Waals surface area (Å²) in [5, 5.41) is 8.88. The molecule has 0 aromatic heterocycles. The standard InChI is InChI=1S/C15H19IN2O2S/c1-21(19,20)14-5-3-2-4-13(14)12-18-10-7-15(16,6-9-17)8-11-18/h2-5H,6-8,10-12H2,1H3. The maximum Gasteiger partial charge on any atom is 0.175 e. The average molecular weight is 418 g/mol. The Morgan fingerprint density at radius 3 is 2.52 bits per heavy atom. The van der Waals surface area contributed by atoms with Gasteiger partial charge in [-0.1, -0.05) is 40.8 Å². The number of nitriles is 1. The molecule has 1 aliphatic heterocycles. The Kier molecular flexibility index (Phi) is 5.28. The van der Waals surface area contributed by atoms with Gasteiger partial charge in [-0.2, -0.15) is 5.26 Å². The highest BCUT2D eigenvalue weighted by molar-refractivity contribution is 14.1. The molecule has 1 aromatic carbocycles. The minimum Gasteiger partial charge on any atom is -0.299 e. The Labute approximate surface area is 140 Å². The van der Waals surface area contributed by atoms with Gasteiger partial charge in [0.05, 0.1) is 11.0 Å². The van der Waals surface area contributed by atoms with E-state index in [1.807, 2.05) is 12.1 Å². The van der Waals surface area contributed by atoms with Crippen molar-refractivity contribution < 1.29 is 8.42 Å². The van der Waals surface area contributed by atoms with E-state index < -0.39 is 9.84 Å². The number of sulfone groups is 1. The molecule has 0 N–H and O–H groups in total. The molecule has 1 fully saturated rings. The molecule has 21 heavy (non-hydrogen) atoms. The van der Waals surface area contributed by atoms with Gasteiger partial charge in [0.15, 0.2) is 9.84 Å². The van der Waals surface area contributed by atoms with Crippen LogP contribution in [-0.2, 0) is 16.4 Å². The largest absolute Gasteiger partial charge is 0.299 e. The maximum absolute atomic E-state index is 11.8. The van der Waals surface area contributed by atoms with E-state index in [-0.39, 0.29) is 3.42 Å². The number of likely N-dealkylation sites (tertiary alicyclic amines) is 1. The number of piperidine rings is 1. The lowest BCUT2D eigenvalue weighted by atomic mass is 9.94. The van der Waals surface area contributed by atoms with Crippen LogP contribution in [0, 0.1) is 11.3 Å². The molecule has 1 aliphatic rings. The molecule has 0 atom stereocenters. The van der Waals surface area contributed by atoms with E-state index in [0.29, 0.717) is 17.9 Å². The summed E-state index contributed by atoms with van der Waals surface area (Å²) in [6.45, 7) is 2.47. The molecule has 1 heterocycles. The molecule has 0 saturated carbocycles. The van der Waals surface area contributed by atoms with Crippen LogP contribution in [0.15, 0.2) is 29.2 Å². The van der Waals surface area contributed by atoms with Crippen molar-refractivity contribution in [3.05, 3.63) is 29.8 Å². The van der Waals surface area contributed by atoms with Crippen molar-refractivity contribution in [2.75, 3.05) is 19.3 Å². The summed E-state index contributed by atoms with van der Waals surface area (Å²) in [4.78, 5) is 2.70. The van der Waals surface area contributed by atoms with E-state index in [2.05, 4.69) is 33.6 Å². The zero-order valence-corrected chi connectivity index (χ0v) is 15.0. The normalized spacial score (nSPS) is 19.1. The van der Waals surface area contributed by atoms with Crippen molar-refractivity contribution in [1.82, 2.24) is 4.90 Å². The Balaban J connectivity index is 2.07. The van der Waals surface area contributed by atoms with Gasteiger partial charge in [-0.05, 0) is 37.6 Å². The van der Waals surface area contributed by atoms with Crippen LogP contribution in [0.5, 0.6) is 0 Å². The van der Waals surface area contributed by atoms with Gasteiger partial charge in [-0.25, -0.2) is 8.42 Å². The monoisotopic (exact) mass is 418 g/mol. The van der Waals surface area contributed by atoms with E-state index >= 15 is 0 Å². The highest BCUT2D eigenvalue weighted by Gasteiger charge is 2.31. The van der Waals surface area contributed by atoms with Gasteiger partial charge in [-0.3, -0.25) is 4.90 Å². The Morgan fingerprint density at radius 2 is 1.95 bits per heavy atom. The van der Waals surface area contributed by atoms with Gasteiger partial charge in [0.2, 0.25) is 0 Å². The zero-order chi connectivity index (χ0) is 15.5. The van der Waals surface area contributed by atoms with Crippen LogP contribution in [-0.4, -0.2) is 36.1 Å². The zero-order valence-electron chi connectivity index (χ0n) is 12.0. The molecule has 1 aromatic rings. The minimum absolute atomic E-state index is 0.0827. The lowest BCUT2D eigenvalue weighted by Gasteiger charge is -2.37. The number of hydrogen-bond donors (Lipinski definition) is 0. The Bertz CT molecular complexity index is 644. The lowest BCUT2D eigenvalue weighted by molar-refractivity contribution is 0.198. The molecule has 0 aliphatic carbocycles. The van der Waals surface area contributed by atoms with E-state index in [1.54, 1.807) is 12.1 Å². The van der Waals surface area contributed by atoms with Gasteiger partial charge < -0.3 is 0 Å². The van der Waals surface area contributed by atoms with E-state index in [1.165, 1.54) is 6.26 Å². The van der Waals surface area contributed by atoms with Crippen LogP contribution in [0.4, 0.5) is 0 Å². The average Bonchev–Trinajstić information content (AvgIpc) is 2.41. The molecule has 0 bridgehead atoms. The molecule has 1 saturated heterocycles. The number of hydrogen-bond acceptors (Lipinski definition) is 4. The molecule has 4 nitrogen and oxygen atoms in total. The first-order valence-electron chi connectivity index (χ1n) is 6.90. The van der Waals surface area contributed by atoms with Crippen molar-refractivity contribution in [2.24, 2.45) is 0 Å². The van der Waals surface area contributed by atoms with Gasteiger partial charge >= 0.3 is 0 Å². The van der Waals surface area contributed by atoms with Crippen LogP contribution >= 0.6 is 22.6 Å². The molecule has 2 rings (SSSR count). The molecule has 0 spiro atoms. The first kappa shape index (κ1) is 16.7. The summed E-state index contributed by atoms with van der Waals surface area (Å²) in [6, 6.07) is 9.47. The summed E-state index contributed by atoms with van der Waals surface area (Å²) in [6.07, 6.45) is 3.79. The van der Waals surface area contributed by atoms with Gasteiger partial charge in [0.25, 0.3) is 0 Å². The molecule has 114 valence electrons. The van der Waals surface area contributed by atoms with Gasteiger partial charge in [0, 0.05) is 22.6 Å². The molecule has 0 unspecified atom stereocenters. The fourth-order valence-electron chi connectivity index (χ4n) is 2.67. The highest BCUT2D eigenvalue weighted by atomic mass is 127. The summed E-state index contributed by atoms with van der Waals surface area (Å²) in [7, 11) is -3.19. The number of nitrogens with zero attached hydrogens (tertiary/aromatic N) is 2. The molecular formula is C15H19IN2O2S. The fourth-order valence-corrected chi connectivity index (χ4v) is 4.26. The Hall–Kier alpha value is -0.650. The first-order valence-corrected chi connectivity index (χ1v) is 9.87. The number of benzene rings is 1. The second-order valence-corrected chi connectivity index (χ2v) is 9.91. The van der Waals surface area contributed by atoms with Crippen LogP contribution in [0.3, 0.4) is 0 Å². The second kappa shape index (κ2) is 6.63. The molecule has 6 heteroatoms. The summed E-state index contributed by atoms with van der Waals surface area (Å²) in [5.41, 5.74) is 0.862. The summed E-state index contributed by atoms with van der Waals surface area (Å²) in [5.74, 6) is 0. The third kappa shape index (κ3) is 4.41. The quantitative estimate of drug-likeness (QED) is 0.558. The molecule has 0 amide bonds. The molecule has 0 radical (unpaired) electrons. The van der Waals surface area contributed by atoms with Crippen LogP contribution in [0.2, 0.25) is 0 Å². The third-order valence-electron chi connectivity index (χ3n) is 3.91. The lowest BCUT2D eigenvalue weighted by Crippen LogP contribution is -2.40. The van der Waals surface area contributed by atoms with Gasteiger partial charge in [0.1, 0.15) is 0 Å². The summed E-state index contributed by atoms with van der Waals surface area (Å²) >= 11 is 2.41. The predicted octanol–water partition coefficient (Wildman–Crippen LogP) is 2.77. The first-order chi connectivity index (χ1) is 9.84. The van der Waals surface area contributed by atoms with E-state index in [9.17, 15) is 8.42 Å². The van der Waals surface area contributed by atoms with E-state index in [0.717, 1.165) is 31.5 Å². The SMILES string of the molecule is CS(=O)(=O)c1ccccc1CN1CCC(I)(CC#N)CC1. The smallest absolute Gasteiger partial charge is 0.175 e. The third-order valence-corrected chi connectivity index (χ3v) is 6.57. The van der Waals surface area contributed by atoms with Crippen LogP contribution in [0.25, 0.3) is 0 Å². The van der Waals surface area contributed by atoms with Crippen LogP contribution in [0.1, 0.15) is 24.8 Å². The van der Waals surface area contributed by atoms with Crippen molar-refractivity contribution in [3.63, 3.8) is 0 Å². The van der Waals surface area contributed by atoms with E-state index in [4.69, 9.17) is 5.26 Å². The topological polar surface area (TPSA) is 61.2 Å². The maximum atomic E-state index is 11.8. The molecular weight excluding hydrogens is 399 g/mol. The van der Waals surface area contributed by atoms with Crippen LogP contribution < -0.4 is 0 Å². The van der Waals surface area contributed by atoms with Crippen molar-refractivity contribution in [3.8, 4) is 6.07 Å². The summed E-state index contributed by atoms with van der Waals surface area (Å²) < 4.78 is 23.7. The van der Waals surface area contributed by atoms with Crippen molar-refractivity contribution in [1.29, 1.82) is 5.26 Å². The van der Waals surface area contributed by atoms with Crippen molar-refractivity contribution >= 4 is 32.4 Å².